The maximum absolute atomic E-state index is 13.4. The van der Waals surface area contributed by atoms with E-state index in [0.29, 0.717) is 12.5 Å². The molecule has 0 fully saturated rings. The average Bonchev–Trinajstić information content (AvgIpc) is 2.18. The van der Waals surface area contributed by atoms with E-state index >= 15 is 0 Å². The van der Waals surface area contributed by atoms with Gasteiger partial charge in [0.05, 0.1) is 0 Å². The molecular weight excluding hydrogens is 217 g/mol. The van der Waals surface area contributed by atoms with Crippen molar-refractivity contribution in [2.45, 2.75) is 39.2 Å². The van der Waals surface area contributed by atoms with Crippen LogP contribution in [0, 0.1) is 5.82 Å². The summed E-state index contributed by atoms with van der Waals surface area (Å²) in [5.41, 5.74) is 0.407. The van der Waals surface area contributed by atoms with Gasteiger partial charge in [-0.05, 0) is 36.1 Å². The molecular formula is C12H15F3O. The molecule has 0 N–H and O–H groups in total. The first-order chi connectivity index (χ1) is 7.33. The summed E-state index contributed by atoms with van der Waals surface area (Å²) in [5.74, 6) is -0.417. The Morgan fingerprint density at radius 1 is 1.38 bits per heavy atom. The van der Waals surface area contributed by atoms with E-state index in [2.05, 4.69) is 4.74 Å². The lowest BCUT2D eigenvalue weighted by atomic mass is 9.98. The Morgan fingerprint density at radius 3 is 2.50 bits per heavy atom. The van der Waals surface area contributed by atoms with Gasteiger partial charge in [0, 0.05) is 6.92 Å². The minimum absolute atomic E-state index is 0.01000. The second-order valence-electron chi connectivity index (χ2n) is 3.90. The molecule has 0 aliphatic rings. The van der Waals surface area contributed by atoms with Crippen LogP contribution in [0.2, 0.25) is 0 Å². The Balaban J connectivity index is 2.98. The van der Waals surface area contributed by atoms with Crippen molar-refractivity contribution in [3.05, 3.63) is 29.6 Å². The highest BCUT2D eigenvalue weighted by Crippen LogP contribution is 2.28. The van der Waals surface area contributed by atoms with Gasteiger partial charge in [-0.1, -0.05) is 13.8 Å². The summed E-state index contributed by atoms with van der Waals surface area (Å²) < 4.78 is 43.0. The van der Waals surface area contributed by atoms with Crippen molar-refractivity contribution in [3.8, 4) is 5.75 Å². The number of hydrogen-bond acceptors (Lipinski definition) is 1. The molecule has 90 valence electrons. The number of rotatable bonds is 4. The number of hydrogen-bond donors (Lipinski definition) is 0. The molecule has 1 aromatic carbocycles. The standard InChI is InChI=1S/C12H15F3O/c1-4-8(2)10-7-9(5-6-11(10)13)16-12(3,14)15/h5-8H,4H2,1-3H3. The van der Waals surface area contributed by atoms with Crippen LogP contribution >= 0.6 is 0 Å². The highest BCUT2D eigenvalue weighted by atomic mass is 19.3. The second-order valence-corrected chi connectivity index (χ2v) is 3.90. The largest absolute Gasteiger partial charge is 0.433 e. The molecule has 1 unspecified atom stereocenters. The van der Waals surface area contributed by atoms with E-state index in [1.165, 1.54) is 12.1 Å². The molecule has 1 aromatic rings. The van der Waals surface area contributed by atoms with Crippen LogP contribution in [0.1, 0.15) is 38.7 Å². The Morgan fingerprint density at radius 2 is 2.00 bits per heavy atom. The lowest BCUT2D eigenvalue weighted by Gasteiger charge is -2.16. The van der Waals surface area contributed by atoms with Crippen LogP contribution in [0.5, 0.6) is 5.75 Å². The van der Waals surface area contributed by atoms with Crippen LogP contribution in [0.25, 0.3) is 0 Å². The zero-order valence-corrected chi connectivity index (χ0v) is 9.56. The monoisotopic (exact) mass is 232 g/mol. The fraction of sp³-hybridized carbons (Fsp3) is 0.500. The summed E-state index contributed by atoms with van der Waals surface area (Å²) in [7, 11) is 0. The van der Waals surface area contributed by atoms with Gasteiger partial charge in [-0.3, -0.25) is 0 Å². The van der Waals surface area contributed by atoms with Gasteiger partial charge in [-0.2, -0.15) is 8.78 Å². The summed E-state index contributed by atoms with van der Waals surface area (Å²) in [6.07, 6.45) is -2.51. The summed E-state index contributed by atoms with van der Waals surface area (Å²) >= 11 is 0. The first-order valence-electron chi connectivity index (χ1n) is 5.19. The Hall–Kier alpha value is -1.19. The van der Waals surface area contributed by atoms with Gasteiger partial charge >= 0.3 is 6.11 Å². The first kappa shape index (κ1) is 12.9. The van der Waals surface area contributed by atoms with Crippen LogP contribution < -0.4 is 4.74 Å². The number of ether oxygens (including phenoxy) is 1. The van der Waals surface area contributed by atoms with Crippen molar-refractivity contribution in [1.82, 2.24) is 0 Å². The molecule has 0 amide bonds. The molecule has 0 aliphatic heterocycles. The van der Waals surface area contributed by atoms with Crippen molar-refractivity contribution in [2.75, 3.05) is 0 Å². The van der Waals surface area contributed by atoms with Crippen LogP contribution in [0.3, 0.4) is 0 Å². The van der Waals surface area contributed by atoms with E-state index in [-0.39, 0.29) is 17.5 Å². The molecule has 0 bridgehead atoms. The molecule has 0 radical (unpaired) electrons. The minimum atomic E-state index is -3.25. The predicted molar refractivity (Wildman–Crippen MR) is 56.4 cm³/mol. The highest BCUT2D eigenvalue weighted by Gasteiger charge is 2.23. The zero-order valence-electron chi connectivity index (χ0n) is 9.56. The lowest BCUT2D eigenvalue weighted by molar-refractivity contribution is -0.159. The lowest BCUT2D eigenvalue weighted by Crippen LogP contribution is -2.19. The Labute approximate surface area is 93.2 Å². The minimum Gasteiger partial charge on any atom is -0.433 e. The van der Waals surface area contributed by atoms with E-state index in [1.807, 2.05) is 13.8 Å². The number of alkyl halides is 2. The Bertz CT molecular complexity index is 358. The van der Waals surface area contributed by atoms with Crippen molar-refractivity contribution in [1.29, 1.82) is 0 Å². The van der Waals surface area contributed by atoms with Crippen molar-refractivity contribution in [2.24, 2.45) is 0 Å². The third-order valence-corrected chi connectivity index (χ3v) is 2.41. The summed E-state index contributed by atoms with van der Waals surface area (Å²) in [6.45, 7) is 4.40. The third-order valence-electron chi connectivity index (χ3n) is 2.41. The first-order valence-corrected chi connectivity index (χ1v) is 5.19. The van der Waals surface area contributed by atoms with Gasteiger partial charge in [-0.25, -0.2) is 4.39 Å². The molecule has 0 heterocycles. The van der Waals surface area contributed by atoms with Gasteiger partial charge in [0.15, 0.2) is 0 Å². The zero-order chi connectivity index (χ0) is 12.3. The number of halogens is 3. The molecule has 0 spiro atoms. The molecule has 0 aliphatic carbocycles. The van der Waals surface area contributed by atoms with Gasteiger partial charge in [-0.15, -0.1) is 0 Å². The van der Waals surface area contributed by atoms with E-state index in [0.717, 1.165) is 12.5 Å². The van der Waals surface area contributed by atoms with E-state index in [1.54, 1.807) is 0 Å². The SMILES string of the molecule is CCC(C)c1cc(OC(C)(F)F)ccc1F. The van der Waals surface area contributed by atoms with E-state index < -0.39 is 6.11 Å². The molecule has 0 saturated carbocycles. The van der Waals surface area contributed by atoms with E-state index in [4.69, 9.17) is 0 Å². The van der Waals surface area contributed by atoms with Crippen LogP contribution in [0.15, 0.2) is 18.2 Å². The molecule has 1 rings (SSSR count). The molecule has 16 heavy (non-hydrogen) atoms. The molecule has 4 heteroatoms. The van der Waals surface area contributed by atoms with Crippen LogP contribution in [-0.4, -0.2) is 6.11 Å². The van der Waals surface area contributed by atoms with Crippen LogP contribution in [-0.2, 0) is 0 Å². The summed E-state index contributed by atoms with van der Waals surface area (Å²) in [4.78, 5) is 0. The van der Waals surface area contributed by atoms with Gasteiger partial charge < -0.3 is 4.74 Å². The van der Waals surface area contributed by atoms with E-state index in [9.17, 15) is 13.2 Å². The number of benzene rings is 1. The second kappa shape index (κ2) is 4.76. The predicted octanol–water partition coefficient (Wildman–Crippen LogP) is 4.33. The third kappa shape index (κ3) is 3.43. The van der Waals surface area contributed by atoms with Crippen molar-refractivity contribution >= 4 is 0 Å². The highest BCUT2D eigenvalue weighted by molar-refractivity contribution is 5.32. The van der Waals surface area contributed by atoms with Crippen molar-refractivity contribution < 1.29 is 17.9 Å². The van der Waals surface area contributed by atoms with Gasteiger partial charge in [0.1, 0.15) is 11.6 Å². The Kier molecular flexibility index (Phi) is 3.83. The molecule has 1 atom stereocenters. The smallest absolute Gasteiger partial charge is 0.394 e. The van der Waals surface area contributed by atoms with Gasteiger partial charge in [0.25, 0.3) is 0 Å². The maximum atomic E-state index is 13.4. The van der Waals surface area contributed by atoms with Gasteiger partial charge in [0.2, 0.25) is 0 Å². The average molecular weight is 232 g/mol. The normalized spacial score (nSPS) is 13.6. The van der Waals surface area contributed by atoms with Crippen LogP contribution in [0.4, 0.5) is 13.2 Å². The maximum Gasteiger partial charge on any atom is 0.394 e. The molecule has 0 saturated heterocycles. The summed E-state index contributed by atoms with van der Waals surface area (Å²) in [6, 6.07) is 3.70. The molecule has 0 aromatic heterocycles. The molecule has 1 nitrogen and oxygen atoms in total. The quantitative estimate of drug-likeness (QED) is 0.750. The fourth-order valence-electron chi connectivity index (χ4n) is 1.39. The summed E-state index contributed by atoms with van der Waals surface area (Å²) in [5, 5.41) is 0. The van der Waals surface area contributed by atoms with Crippen molar-refractivity contribution in [3.63, 3.8) is 0 Å². The topological polar surface area (TPSA) is 9.23 Å². The fourth-order valence-corrected chi connectivity index (χ4v) is 1.39.